The number of hydrogen-bond donors (Lipinski definition) is 2. The van der Waals surface area contributed by atoms with Crippen LogP contribution in [-0.4, -0.2) is 30.2 Å². The average Bonchev–Trinajstić information content (AvgIpc) is 3.09. The summed E-state index contributed by atoms with van der Waals surface area (Å²) in [6.07, 6.45) is -3.53. The summed E-state index contributed by atoms with van der Waals surface area (Å²) in [5, 5.41) is 0.294. The fourth-order valence-corrected chi connectivity index (χ4v) is 5.00. The minimum Gasteiger partial charge on any atom is -0.396 e. The Morgan fingerprint density at radius 2 is 1.78 bits per heavy atom. The lowest BCUT2D eigenvalue weighted by Crippen LogP contribution is -2.42. The van der Waals surface area contributed by atoms with Crippen LogP contribution in [0, 0.1) is 11.6 Å². The van der Waals surface area contributed by atoms with E-state index in [4.69, 9.17) is 5.73 Å². The molecule has 0 saturated heterocycles. The first-order valence-corrected chi connectivity index (χ1v) is 12.3. The van der Waals surface area contributed by atoms with Crippen molar-refractivity contribution in [3.63, 3.8) is 0 Å². The van der Waals surface area contributed by atoms with Gasteiger partial charge < -0.3 is 10.3 Å². The molecule has 190 valence electrons. The van der Waals surface area contributed by atoms with Gasteiger partial charge in [0.05, 0.1) is 28.3 Å². The maximum Gasteiger partial charge on any atom is 0.404 e. The zero-order chi connectivity index (χ0) is 26.4. The average molecular weight is 525 g/mol. The number of nitrogens with one attached hydrogen (secondary N) is 1. The molecule has 0 radical (unpaired) electrons. The zero-order valence-electron chi connectivity index (χ0n) is 19.1. The maximum atomic E-state index is 14.9. The molecule has 2 heterocycles. The monoisotopic (exact) mass is 524 g/mol. The number of nitrogens with zero attached hydrogens (tertiary/aromatic N) is 2. The second-order valence-electron chi connectivity index (χ2n) is 8.13. The third-order valence-corrected chi connectivity index (χ3v) is 7.29. The number of hydrogen-bond acceptors (Lipinski definition) is 4. The molecule has 0 aliphatic heterocycles. The van der Waals surface area contributed by atoms with Crippen LogP contribution in [0.1, 0.15) is 19.4 Å². The van der Waals surface area contributed by atoms with E-state index in [-0.39, 0.29) is 22.8 Å². The van der Waals surface area contributed by atoms with Crippen LogP contribution < -0.4 is 10.5 Å². The normalized spacial score (nSPS) is 13.3. The molecule has 3 N–H and O–H groups in total. The Bertz CT molecular complexity index is 1550. The molecule has 4 aromatic rings. The van der Waals surface area contributed by atoms with E-state index in [1.165, 1.54) is 34.9 Å². The largest absolute Gasteiger partial charge is 0.404 e. The van der Waals surface area contributed by atoms with Crippen molar-refractivity contribution >= 4 is 26.6 Å². The van der Waals surface area contributed by atoms with Crippen LogP contribution in [0.5, 0.6) is 0 Å². The highest BCUT2D eigenvalue weighted by atomic mass is 32.2. The van der Waals surface area contributed by atoms with Crippen molar-refractivity contribution < 1.29 is 30.4 Å². The fraction of sp³-hybridized carbons (Fsp3) is 0.208. The van der Waals surface area contributed by atoms with E-state index in [1.807, 2.05) is 0 Å². The minimum absolute atomic E-state index is 0.0710. The fourth-order valence-electron chi connectivity index (χ4n) is 3.83. The van der Waals surface area contributed by atoms with Gasteiger partial charge in [0.25, 0.3) is 0 Å². The van der Waals surface area contributed by atoms with Crippen molar-refractivity contribution in [1.82, 2.24) is 14.3 Å². The topological polar surface area (TPSA) is 90.0 Å². The number of nitrogen functional groups attached to an aromatic ring is 1. The van der Waals surface area contributed by atoms with Gasteiger partial charge in [-0.15, -0.1) is 0 Å². The molecular formula is C24H21F5N4O2S. The maximum absolute atomic E-state index is 14.9. The first-order valence-electron chi connectivity index (χ1n) is 10.8. The van der Waals surface area contributed by atoms with Crippen LogP contribution in [0.4, 0.5) is 27.6 Å². The molecule has 12 heteroatoms. The number of benzene rings is 2. The molecule has 0 fully saturated rings. The molecule has 1 atom stereocenters. The van der Waals surface area contributed by atoms with E-state index in [2.05, 4.69) is 4.98 Å². The Hall–Kier alpha value is -3.51. The van der Waals surface area contributed by atoms with Crippen LogP contribution in [0.25, 0.3) is 28.0 Å². The summed E-state index contributed by atoms with van der Waals surface area (Å²) < 4.78 is 95.8. The standard InChI is InChI=1S/C24H21F5N4O2S/c1-3-14-10-21-16(11-18(14)26)22(30)23(33(21)20-7-5-4-6-17(20)25)19-9-8-15(12-31-19)36(34,35)32-13(2)24(27,28)29/h4-13,32H,3,30H2,1-2H3. The lowest BCUT2D eigenvalue weighted by Gasteiger charge is -2.17. The highest BCUT2D eigenvalue weighted by Gasteiger charge is 2.39. The summed E-state index contributed by atoms with van der Waals surface area (Å²) in [6, 6.07) is 8.62. The number of anilines is 1. The predicted octanol–water partition coefficient (Wildman–Crippen LogP) is 5.34. The van der Waals surface area contributed by atoms with Crippen LogP contribution in [0.15, 0.2) is 59.6 Å². The Morgan fingerprint density at radius 3 is 2.36 bits per heavy atom. The van der Waals surface area contributed by atoms with Gasteiger partial charge in [0.15, 0.2) is 0 Å². The Labute approximate surface area is 203 Å². The first kappa shape index (κ1) is 25.6. The molecule has 2 aromatic carbocycles. The third-order valence-electron chi connectivity index (χ3n) is 5.76. The Balaban J connectivity index is 1.90. The third kappa shape index (κ3) is 4.53. The van der Waals surface area contributed by atoms with Crippen molar-refractivity contribution in [3.05, 3.63) is 71.9 Å². The summed E-state index contributed by atoms with van der Waals surface area (Å²) in [7, 11) is -4.54. The second-order valence-corrected chi connectivity index (χ2v) is 9.84. The van der Waals surface area contributed by atoms with Gasteiger partial charge in [-0.05, 0) is 55.3 Å². The summed E-state index contributed by atoms with van der Waals surface area (Å²) in [5.74, 6) is -1.09. The van der Waals surface area contributed by atoms with Gasteiger partial charge in [-0.25, -0.2) is 17.2 Å². The number of para-hydroxylation sites is 1. The van der Waals surface area contributed by atoms with Crippen LogP contribution >= 0.6 is 0 Å². The van der Waals surface area contributed by atoms with Gasteiger partial charge >= 0.3 is 6.18 Å². The van der Waals surface area contributed by atoms with Crippen molar-refractivity contribution in [2.75, 3.05) is 5.73 Å². The second kappa shape index (κ2) is 9.17. The van der Waals surface area contributed by atoms with E-state index in [0.717, 1.165) is 12.3 Å². The van der Waals surface area contributed by atoms with Crippen LogP contribution in [-0.2, 0) is 16.4 Å². The summed E-state index contributed by atoms with van der Waals surface area (Å²) >= 11 is 0. The molecule has 1 unspecified atom stereocenters. The molecule has 2 aromatic heterocycles. The van der Waals surface area contributed by atoms with Gasteiger partial charge in [0.2, 0.25) is 10.0 Å². The van der Waals surface area contributed by atoms with E-state index in [9.17, 15) is 30.4 Å². The number of rotatable bonds is 6. The number of aromatic nitrogens is 2. The molecule has 4 rings (SSSR count). The molecule has 0 bridgehead atoms. The number of fused-ring (bicyclic) bond motifs is 1. The lowest BCUT2D eigenvalue weighted by molar-refractivity contribution is -0.147. The van der Waals surface area contributed by atoms with Crippen LogP contribution in [0.2, 0.25) is 0 Å². The minimum atomic E-state index is -4.78. The van der Waals surface area contributed by atoms with E-state index < -0.39 is 38.8 Å². The molecule has 0 spiro atoms. The molecule has 36 heavy (non-hydrogen) atoms. The highest BCUT2D eigenvalue weighted by molar-refractivity contribution is 7.89. The molecule has 0 amide bonds. The smallest absolute Gasteiger partial charge is 0.396 e. The molecule has 0 saturated carbocycles. The van der Waals surface area contributed by atoms with Crippen molar-refractivity contribution in [3.8, 4) is 17.1 Å². The molecular weight excluding hydrogens is 503 g/mol. The van der Waals surface area contributed by atoms with E-state index in [1.54, 1.807) is 23.8 Å². The van der Waals surface area contributed by atoms with Crippen LogP contribution in [0.3, 0.4) is 0 Å². The number of aryl methyl sites for hydroxylation is 1. The summed E-state index contributed by atoms with van der Waals surface area (Å²) in [5.41, 5.74) is 7.58. The predicted molar refractivity (Wildman–Crippen MR) is 126 cm³/mol. The highest BCUT2D eigenvalue weighted by Crippen LogP contribution is 2.39. The number of sulfonamides is 1. The summed E-state index contributed by atoms with van der Waals surface area (Å²) in [6.45, 7) is 2.44. The SMILES string of the molecule is CCc1cc2c(cc1F)c(N)c(-c1ccc(S(=O)(=O)NC(C)C(F)(F)F)cn1)n2-c1ccccc1F. The first-order chi connectivity index (χ1) is 16.8. The van der Waals surface area contributed by atoms with Gasteiger partial charge in [-0.2, -0.15) is 17.9 Å². The number of nitrogens with two attached hydrogens (primary N) is 1. The number of pyridine rings is 1. The van der Waals surface area contributed by atoms with Crippen molar-refractivity contribution in [2.24, 2.45) is 0 Å². The van der Waals surface area contributed by atoms with E-state index >= 15 is 0 Å². The zero-order valence-corrected chi connectivity index (χ0v) is 19.9. The number of halogens is 5. The summed E-state index contributed by atoms with van der Waals surface area (Å²) in [4.78, 5) is 3.60. The van der Waals surface area contributed by atoms with E-state index in [0.29, 0.717) is 29.8 Å². The molecule has 0 aliphatic carbocycles. The Morgan fingerprint density at radius 1 is 1.08 bits per heavy atom. The molecule has 0 aliphatic rings. The van der Waals surface area contributed by atoms with Gasteiger partial charge in [0, 0.05) is 11.6 Å². The van der Waals surface area contributed by atoms with Gasteiger partial charge in [0.1, 0.15) is 22.6 Å². The van der Waals surface area contributed by atoms with Gasteiger partial charge in [-0.3, -0.25) is 4.98 Å². The van der Waals surface area contributed by atoms with Crippen molar-refractivity contribution in [1.29, 1.82) is 0 Å². The quantitative estimate of drug-likeness (QED) is 0.333. The van der Waals surface area contributed by atoms with Gasteiger partial charge in [-0.1, -0.05) is 19.1 Å². The lowest BCUT2D eigenvalue weighted by atomic mass is 10.1. The van der Waals surface area contributed by atoms with Crippen molar-refractivity contribution in [2.45, 2.75) is 37.4 Å². The molecule has 6 nitrogen and oxygen atoms in total. The Kier molecular flexibility index (Phi) is 6.52. The number of alkyl halides is 3.